The van der Waals surface area contributed by atoms with Gasteiger partial charge in [-0.2, -0.15) is 0 Å². The van der Waals surface area contributed by atoms with Crippen molar-refractivity contribution in [1.82, 2.24) is 14.5 Å². The lowest BCUT2D eigenvalue weighted by Crippen LogP contribution is -2.23. The first-order valence-electron chi connectivity index (χ1n) is 5.48. The van der Waals surface area contributed by atoms with Gasteiger partial charge in [0.15, 0.2) is 0 Å². The summed E-state index contributed by atoms with van der Waals surface area (Å²) in [6, 6.07) is 5.80. The van der Waals surface area contributed by atoms with Crippen LogP contribution in [0.1, 0.15) is 12.2 Å². The second kappa shape index (κ2) is 3.72. The van der Waals surface area contributed by atoms with Crippen LogP contribution in [0.5, 0.6) is 0 Å². The van der Waals surface area contributed by atoms with Crippen molar-refractivity contribution in [3.8, 4) is 11.4 Å². The summed E-state index contributed by atoms with van der Waals surface area (Å²) in [5, 5.41) is 9.57. The Morgan fingerprint density at radius 3 is 3.06 bits per heavy atom. The largest absolute Gasteiger partial charge is 0.391 e. The fraction of sp³-hybridized carbons (Fsp3) is 0.333. The molecule has 0 aliphatic carbocycles. The number of hydrogen-bond acceptors (Lipinski definition) is 3. The number of aliphatic hydroxyl groups excluding tert-OH is 1. The smallest absolute Gasteiger partial charge is 0.109 e. The number of hydrogen-bond donors (Lipinski definition) is 1. The van der Waals surface area contributed by atoms with Gasteiger partial charge in [0, 0.05) is 25.4 Å². The summed E-state index contributed by atoms with van der Waals surface area (Å²) in [5.41, 5.74) is 1.78. The van der Waals surface area contributed by atoms with Gasteiger partial charge in [-0.25, -0.2) is 4.98 Å². The fourth-order valence-corrected chi connectivity index (χ4v) is 2.06. The van der Waals surface area contributed by atoms with Crippen molar-refractivity contribution in [3.63, 3.8) is 0 Å². The number of aliphatic hydroxyl groups is 1. The molecule has 3 heterocycles. The topological polar surface area (TPSA) is 50.9 Å². The zero-order valence-electron chi connectivity index (χ0n) is 8.87. The molecule has 0 saturated heterocycles. The average Bonchev–Trinajstić information content (AvgIpc) is 2.73. The van der Waals surface area contributed by atoms with Crippen LogP contribution >= 0.6 is 0 Å². The third-order valence-electron chi connectivity index (χ3n) is 2.90. The maximum atomic E-state index is 9.57. The molecule has 1 unspecified atom stereocenters. The van der Waals surface area contributed by atoms with Crippen LogP contribution in [0.3, 0.4) is 0 Å². The van der Waals surface area contributed by atoms with Crippen molar-refractivity contribution in [3.05, 3.63) is 36.4 Å². The number of nitrogens with zero attached hydrogens (tertiary/aromatic N) is 3. The summed E-state index contributed by atoms with van der Waals surface area (Å²) in [6.07, 6.45) is 5.15. The summed E-state index contributed by atoms with van der Waals surface area (Å²) in [4.78, 5) is 8.82. The van der Waals surface area contributed by atoms with E-state index in [9.17, 15) is 5.11 Å². The van der Waals surface area contributed by atoms with Crippen molar-refractivity contribution in [2.75, 3.05) is 0 Å². The Kier molecular flexibility index (Phi) is 2.22. The molecule has 16 heavy (non-hydrogen) atoms. The van der Waals surface area contributed by atoms with E-state index in [0.717, 1.165) is 30.1 Å². The van der Waals surface area contributed by atoms with Gasteiger partial charge in [0.05, 0.1) is 11.8 Å². The first-order chi connectivity index (χ1) is 7.83. The van der Waals surface area contributed by atoms with E-state index in [1.54, 1.807) is 6.20 Å². The highest BCUT2D eigenvalue weighted by atomic mass is 16.3. The summed E-state index contributed by atoms with van der Waals surface area (Å²) >= 11 is 0. The van der Waals surface area contributed by atoms with E-state index in [2.05, 4.69) is 9.97 Å². The molecule has 0 radical (unpaired) electrons. The van der Waals surface area contributed by atoms with E-state index in [1.807, 2.05) is 29.0 Å². The molecule has 1 aliphatic heterocycles. The van der Waals surface area contributed by atoms with Gasteiger partial charge in [0.2, 0.25) is 0 Å². The molecule has 2 aromatic rings. The van der Waals surface area contributed by atoms with Crippen LogP contribution in [-0.4, -0.2) is 25.7 Å². The van der Waals surface area contributed by atoms with Crippen LogP contribution in [0.4, 0.5) is 0 Å². The van der Waals surface area contributed by atoms with Crippen LogP contribution in [0.25, 0.3) is 11.4 Å². The SMILES string of the molecule is OC1CCc2nc(-c3ccccn3)cn2C1. The molecule has 0 bridgehead atoms. The number of aromatic nitrogens is 3. The Bertz CT molecular complexity index is 492. The molecule has 0 amide bonds. The molecule has 0 spiro atoms. The predicted octanol–water partition coefficient (Wildman–Crippen LogP) is 1.25. The quantitative estimate of drug-likeness (QED) is 0.779. The molecule has 1 N–H and O–H groups in total. The predicted molar refractivity (Wildman–Crippen MR) is 59.8 cm³/mol. The van der Waals surface area contributed by atoms with Crippen LogP contribution in [0.15, 0.2) is 30.6 Å². The van der Waals surface area contributed by atoms with E-state index in [-0.39, 0.29) is 6.10 Å². The molecule has 0 fully saturated rings. The third kappa shape index (κ3) is 1.61. The highest BCUT2D eigenvalue weighted by Gasteiger charge is 2.18. The van der Waals surface area contributed by atoms with E-state index in [4.69, 9.17) is 0 Å². The second-order valence-electron chi connectivity index (χ2n) is 4.10. The van der Waals surface area contributed by atoms with Gasteiger partial charge in [-0.15, -0.1) is 0 Å². The third-order valence-corrected chi connectivity index (χ3v) is 2.90. The van der Waals surface area contributed by atoms with Crippen LogP contribution in [-0.2, 0) is 13.0 Å². The standard InChI is InChI=1S/C12H13N3O/c16-9-4-5-12-14-11(8-15(12)7-9)10-3-1-2-6-13-10/h1-3,6,8-9,16H,4-5,7H2. The zero-order chi connectivity index (χ0) is 11.0. The van der Waals surface area contributed by atoms with Gasteiger partial charge in [0.1, 0.15) is 11.5 Å². The molecule has 0 aromatic carbocycles. The molecule has 4 nitrogen and oxygen atoms in total. The van der Waals surface area contributed by atoms with E-state index < -0.39 is 0 Å². The van der Waals surface area contributed by atoms with Crippen molar-refractivity contribution < 1.29 is 5.11 Å². The molecule has 2 aromatic heterocycles. The molecule has 1 atom stereocenters. The molecule has 1 aliphatic rings. The average molecular weight is 215 g/mol. The second-order valence-corrected chi connectivity index (χ2v) is 4.10. The van der Waals surface area contributed by atoms with Crippen molar-refractivity contribution in [2.45, 2.75) is 25.5 Å². The molecule has 4 heteroatoms. The minimum Gasteiger partial charge on any atom is -0.391 e. The van der Waals surface area contributed by atoms with Gasteiger partial charge < -0.3 is 9.67 Å². The van der Waals surface area contributed by atoms with Gasteiger partial charge in [-0.05, 0) is 18.6 Å². The minimum atomic E-state index is -0.238. The number of fused-ring (bicyclic) bond motifs is 1. The first kappa shape index (κ1) is 9.54. The van der Waals surface area contributed by atoms with Crippen LogP contribution < -0.4 is 0 Å². The number of aryl methyl sites for hydroxylation is 1. The lowest BCUT2D eigenvalue weighted by Gasteiger charge is -2.18. The minimum absolute atomic E-state index is 0.238. The monoisotopic (exact) mass is 215 g/mol. The molecular formula is C12H13N3O. The van der Waals surface area contributed by atoms with Gasteiger partial charge in [-0.1, -0.05) is 6.07 Å². The summed E-state index contributed by atoms with van der Waals surface area (Å²) in [7, 11) is 0. The Morgan fingerprint density at radius 2 is 2.25 bits per heavy atom. The van der Waals surface area contributed by atoms with E-state index >= 15 is 0 Å². The van der Waals surface area contributed by atoms with Gasteiger partial charge in [-0.3, -0.25) is 4.98 Å². The van der Waals surface area contributed by atoms with Crippen molar-refractivity contribution in [1.29, 1.82) is 0 Å². The van der Waals surface area contributed by atoms with Gasteiger partial charge >= 0.3 is 0 Å². The Hall–Kier alpha value is -1.68. The van der Waals surface area contributed by atoms with Crippen molar-refractivity contribution >= 4 is 0 Å². The van der Waals surface area contributed by atoms with Gasteiger partial charge in [0.25, 0.3) is 0 Å². The van der Waals surface area contributed by atoms with E-state index in [1.165, 1.54) is 0 Å². The number of pyridine rings is 1. The van der Waals surface area contributed by atoms with Crippen LogP contribution in [0, 0.1) is 0 Å². The Labute approximate surface area is 93.6 Å². The Balaban J connectivity index is 1.99. The molecular weight excluding hydrogens is 202 g/mol. The first-order valence-corrected chi connectivity index (χ1v) is 5.48. The normalized spacial score (nSPS) is 19.4. The lowest BCUT2D eigenvalue weighted by atomic mass is 10.1. The maximum absolute atomic E-state index is 9.57. The summed E-state index contributed by atoms with van der Waals surface area (Å²) < 4.78 is 2.03. The maximum Gasteiger partial charge on any atom is 0.109 e. The summed E-state index contributed by atoms with van der Waals surface area (Å²) in [6.45, 7) is 0.648. The highest BCUT2D eigenvalue weighted by molar-refractivity contribution is 5.53. The zero-order valence-corrected chi connectivity index (χ0v) is 8.87. The molecule has 3 rings (SSSR count). The molecule has 82 valence electrons. The summed E-state index contributed by atoms with van der Waals surface area (Å²) in [5.74, 6) is 1.05. The number of imidazole rings is 1. The van der Waals surface area contributed by atoms with Crippen molar-refractivity contribution in [2.24, 2.45) is 0 Å². The fourth-order valence-electron chi connectivity index (χ4n) is 2.06. The van der Waals surface area contributed by atoms with E-state index in [0.29, 0.717) is 6.54 Å². The van der Waals surface area contributed by atoms with Crippen LogP contribution in [0.2, 0.25) is 0 Å². The number of rotatable bonds is 1. The Morgan fingerprint density at radius 1 is 1.31 bits per heavy atom. The molecule has 0 saturated carbocycles. The lowest BCUT2D eigenvalue weighted by molar-refractivity contribution is 0.130. The highest BCUT2D eigenvalue weighted by Crippen LogP contribution is 2.20.